The molecule has 6 nitrogen and oxygen atoms in total. The maximum Gasteiger partial charge on any atom is 0.290 e. The zero-order valence-corrected chi connectivity index (χ0v) is 14.1. The highest BCUT2D eigenvalue weighted by Gasteiger charge is 2.26. The van der Waals surface area contributed by atoms with E-state index in [4.69, 9.17) is 4.52 Å². The van der Waals surface area contributed by atoms with Gasteiger partial charge < -0.3 is 9.84 Å². The van der Waals surface area contributed by atoms with E-state index in [1.807, 2.05) is 29.1 Å². The fourth-order valence-electron chi connectivity index (χ4n) is 3.36. The Kier molecular flexibility index (Phi) is 4.09. The standard InChI is InChI=1S/C19H20N4O2/c1-13-10-18(25-22-13)19(24)21-16-8-5-9-17-15(16)11-20-23(17)12-14-6-3-2-4-7-14/h2-4,6-7,10-11,16H,5,8-9,12H2,1H3,(H,21,24)/t16-/m1/s1. The molecule has 4 rings (SSSR count). The first-order valence-corrected chi connectivity index (χ1v) is 8.53. The van der Waals surface area contributed by atoms with Crippen LogP contribution in [0.1, 0.15) is 52.0 Å². The molecule has 2 aromatic heterocycles. The Morgan fingerprint density at radius 3 is 2.96 bits per heavy atom. The molecule has 1 aromatic carbocycles. The van der Waals surface area contributed by atoms with Crippen molar-refractivity contribution in [2.75, 3.05) is 0 Å². The molecule has 1 aliphatic carbocycles. The highest BCUT2D eigenvalue weighted by atomic mass is 16.5. The molecule has 1 amide bonds. The molecule has 25 heavy (non-hydrogen) atoms. The fraction of sp³-hybridized carbons (Fsp3) is 0.316. The first kappa shape index (κ1) is 15.6. The number of nitrogens with zero attached hydrogens (tertiary/aromatic N) is 3. The number of carbonyl (C=O) groups is 1. The van der Waals surface area contributed by atoms with Crippen molar-refractivity contribution in [3.63, 3.8) is 0 Å². The summed E-state index contributed by atoms with van der Waals surface area (Å²) in [5.41, 5.74) is 4.22. The Labute approximate surface area is 145 Å². The number of amides is 1. The maximum atomic E-state index is 12.4. The molecule has 0 spiro atoms. The third-order valence-electron chi connectivity index (χ3n) is 4.60. The Morgan fingerprint density at radius 1 is 1.36 bits per heavy atom. The predicted octanol–water partition coefficient (Wildman–Crippen LogP) is 3.04. The van der Waals surface area contributed by atoms with E-state index >= 15 is 0 Å². The lowest BCUT2D eigenvalue weighted by Gasteiger charge is -2.23. The summed E-state index contributed by atoms with van der Waals surface area (Å²) in [4.78, 5) is 12.4. The van der Waals surface area contributed by atoms with E-state index in [-0.39, 0.29) is 17.7 Å². The van der Waals surface area contributed by atoms with Crippen LogP contribution in [0, 0.1) is 6.92 Å². The van der Waals surface area contributed by atoms with Crippen molar-refractivity contribution < 1.29 is 9.32 Å². The van der Waals surface area contributed by atoms with Crippen molar-refractivity contribution >= 4 is 5.91 Å². The lowest BCUT2D eigenvalue weighted by Crippen LogP contribution is -2.30. The Balaban J connectivity index is 1.53. The summed E-state index contributed by atoms with van der Waals surface area (Å²) in [7, 11) is 0. The van der Waals surface area contributed by atoms with E-state index in [1.165, 1.54) is 11.3 Å². The normalized spacial score (nSPS) is 16.4. The van der Waals surface area contributed by atoms with Crippen molar-refractivity contribution in [3.8, 4) is 0 Å². The van der Waals surface area contributed by atoms with Crippen molar-refractivity contribution in [1.29, 1.82) is 0 Å². The summed E-state index contributed by atoms with van der Waals surface area (Å²) in [6, 6.07) is 11.9. The Morgan fingerprint density at radius 2 is 2.20 bits per heavy atom. The molecular formula is C19H20N4O2. The minimum Gasteiger partial charge on any atom is -0.351 e. The smallest absolute Gasteiger partial charge is 0.290 e. The predicted molar refractivity (Wildman–Crippen MR) is 92.2 cm³/mol. The molecule has 128 valence electrons. The van der Waals surface area contributed by atoms with Crippen LogP contribution in [0.4, 0.5) is 0 Å². The van der Waals surface area contributed by atoms with Crippen LogP contribution in [0.5, 0.6) is 0 Å². The van der Waals surface area contributed by atoms with Gasteiger partial charge in [-0.2, -0.15) is 5.10 Å². The summed E-state index contributed by atoms with van der Waals surface area (Å²) < 4.78 is 7.10. The number of rotatable bonds is 4. The molecule has 0 bridgehead atoms. The van der Waals surface area contributed by atoms with E-state index in [0.29, 0.717) is 5.69 Å². The lowest BCUT2D eigenvalue weighted by atomic mass is 9.93. The van der Waals surface area contributed by atoms with Crippen LogP contribution in [-0.2, 0) is 13.0 Å². The molecule has 0 fully saturated rings. The summed E-state index contributed by atoms with van der Waals surface area (Å²) >= 11 is 0. The van der Waals surface area contributed by atoms with Gasteiger partial charge in [0.25, 0.3) is 5.91 Å². The van der Waals surface area contributed by atoms with Gasteiger partial charge in [-0.25, -0.2) is 0 Å². The van der Waals surface area contributed by atoms with Crippen molar-refractivity contribution in [2.24, 2.45) is 0 Å². The van der Waals surface area contributed by atoms with Crippen molar-refractivity contribution in [3.05, 3.63) is 70.9 Å². The van der Waals surface area contributed by atoms with Crippen LogP contribution in [0.3, 0.4) is 0 Å². The number of hydrogen-bond acceptors (Lipinski definition) is 4. The van der Waals surface area contributed by atoms with Crippen LogP contribution < -0.4 is 5.32 Å². The molecule has 1 N–H and O–H groups in total. The monoisotopic (exact) mass is 336 g/mol. The van der Waals surface area contributed by atoms with Gasteiger partial charge in [0.05, 0.1) is 24.5 Å². The minimum absolute atomic E-state index is 0.0359. The fourth-order valence-corrected chi connectivity index (χ4v) is 3.36. The minimum atomic E-state index is -0.228. The van der Waals surface area contributed by atoms with E-state index < -0.39 is 0 Å². The highest BCUT2D eigenvalue weighted by Crippen LogP contribution is 2.30. The van der Waals surface area contributed by atoms with E-state index in [2.05, 4.69) is 27.7 Å². The van der Waals surface area contributed by atoms with Crippen molar-refractivity contribution in [2.45, 2.75) is 38.8 Å². The largest absolute Gasteiger partial charge is 0.351 e. The topological polar surface area (TPSA) is 73.0 Å². The van der Waals surface area contributed by atoms with Gasteiger partial charge in [-0.1, -0.05) is 35.5 Å². The van der Waals surface area contributed by atoms with E-state index in [1.54, 1.807) is 13.0 Å². The lowest BCUT2D eigenvalue weighted by molar-refractivity contribution is 0.0895. The van der Waals surface area contributed by atoms with Gasteiger partial charge in [-0.05, 0) is 31.7 Å². The zero-order chi connectivity index (χ0) is 17.2. The second kappa shape index (κ2) is 6.55. The van der Waals surface area contributed by atoms with Crippen LogP contribution in [0.25, 0.3) is 0 Å². The van der Waals surface area contributed by atoms with Gasteiger partial charge in [0.1, 0.15) is 0 Å². The van der Waals surface area contributed by atoms with Gasteiger partial charge in [0.15, 0.2) is 0 Å². The summed E-state index contributed by atoms with van der Waals surface area (Å²) in [6.45, 7) is 2.55. The second-order valence-electron chi connectivity index (χ2n) is 6.44. The van der Waals surface area contributed by atoms with Gasteiger partial charge in [-0.3, -0.25) is 9.48 Å². The average molecular weight is 336 g/mol. The molecule has 0 aliphatic heterocycles. The first-order chi connectivity index (χ1) is 12.2. The molecule has 0 saturated carbocycles. The first-order valence-electron chi connectivity index (χ1n) is 8.53. The van der Waals surface area contributed by atoms with Crippen LogP contribution in [0.15, 0.2) is 47.1 Å². The quantitative estimate of drug-likeness (QED) is 0.795. The molecule has 1 atom stereocenters. The number of nitrogens with one attached hydrogen (secondary N) is 1. The zero-order valence-electron chi connectivity index (χ0n) is 14.1. The Hall–Kier alpha value is -2.89. The second-order valence-corrected chi connectivity index (χ2v) is 6.44. The number of fused-ring (bicyclic) bond motifs is 1. The molecule has 0 radical (unpaired) electrons. The van der Waals surface area contributed by atoms with Gasteiger partial charge in [0, 0.05) is 17.3 Å². The van der Waals surface area contributed by atoms with E-state index in [9.17, 15) is 4.79 Å². The number of benzene rings is 1. The van der Waals surface area contributed by atoms with Gasteiger partial charge >= 0.3 is 0 Å². The number of carbonyl (C=O) groups excluding carboxylic acids is 1. The van der Waals surface area contributed by atoms with Crippen molar-refractivity contribution in [1.82, 2.24) is 20.3 Å². The number of aryl methyl sites for hydroxylation is 1. The van der Waals surface area contributed by atoms with E-state index in [0.717, 1.165) is 31.4 Å². The molecule has 3 aromatic rings. The third-order valence-corrected chi connectivity index (χ3v) is 4.60. The molecule has 6 heteroatoms. The molecule has 2 heterocycles. The molecule has 0 unspecified atom stereocenters. The van der Waals surface area contributed by atoms with Crippen LogP contribution in [0.2, 0.25) is 0 Å². The maximum absolute atomic E-state index is 12.4. The average Bonchev–Trinajstić information content (AvgIpc) is 3.23. The summed E-state index contributed by atoms with van der Waals surface area (Å²) in [6.07, 6.45) is 4.79. The number of aromatic nitrogens is 3. The van der Waals surface area contributed by atoms with Crippen LogP contribution >= 0.6 is 0 Å². The van der Waals surface area contributed by atoms with Gasteiger partial charge in [-0.15, -0.1) is 0 Å². The van der Waals surface area contributed by atoms with Crippen LogP contribution in [-0.4, -0.2) is 20.8 Å². The van der Waals surface area contributed by atoms with Gasteiger partial charge in [0.2, 0.25) is 5.76 Å². The summed E-state index contributed by atoms with van der Waals surface area (Å²) in [5.74, 6) is 0.0237. The molecule has 1 aliphatic rings. The number of hydrogen-bond donors (Lipinski definition) is 1. The molecule has 0 saturated heterocycles. The third kappa shape index (κ3) is 3.20. The summed E-state index contributed by atoms with van der Waals surface area (Å²) in [5, 5.41) is 11.4. The molecular weight excluding hydrogens is 316 g/mol. The SMILES string of the molecule is Cc1cc(C(=O)N[C@@H]2CCCc3c2cnn3Cc2ccccc2)on1. The highest BCUT2D eigenvalue weighted by molar-refractivity contribution is 5.91. The Bertz CT molecular complexity index is 882.